The third-order valence-corrected chi connectivity index (χ3v) is 1.55. The van der Waals surface area contributed by atoms with Gasteiger partial charge in [-0.25, -0.2) is 0 Å². The Bertz CT molecular complexity index is 356. The molecule has 1 heterocycles. The molecular weight excluding hydrogens is 154 g/mol. The van der Waals surface area contributed by atoms with E-state index in [1.165, 1.54) is 6.26 Å². The van der Waals surface area contributed by atoms with Crippen LogP contribution in [0.1, 0.15) is 5.56 Å². The van der Waals surface area contributed by atoms with Crippen molar-refractivity contribution >= 4 is 6.21 Å². The Hall–Kier alpha value is -1.77. The lowest BCUT2D eigenvalue weighted by Crippen LogP contribution is -1.86. The molecule has 1 aromatic carbocycles. The van der Waals surface area contributed by atoms with Crippen molar-refractivity contribution in [3.8, 4) is 11.5 Å². The van der Waals surface area contributed by atoms with Crippen LogP contribution in [0.25, 0.3) is 0 Å². The maximum absolute atomic E-state index is 9.14. The van der Waals surface area contributed by atoms with Crippen LogP contribution in [0.2, 0.25) is 0 Å². The summed E-state index contributed by atoms with van der Waals surface area (Å²) in [4.78, 5) is 3.91. The molecule has 1 aliphatic heterocycles. The van der Waals surface area contributed by atoms with Gasteiger partial charge in [0.05, 0.1) is 6.20 Å². The van der Waals surface area contributed by atoms with Crippen LogP contribution in [0.15, 0.2) is 35.7 Å². The van der Waals surface area contributed by atoms with E-state index in [0.717, 1.165) is 5.56 Å². The second-order valence-electron chi connectivity index (χ2n) is 2.40. The van der Waals surface area contributed by atoms with E-state index >= 15 is 0 Å². The standard InChI is InChI=1S/C9H7NO2/c11-8-1-2-9-7(5-8)6-10-3-4-12-9/h1-6,11H. The molecule has 0 bridgehead atoms. The lowest BCUT2D eigenvalue weighted by Gasteiger charge is -2.02. The summed E-state index contributed by atoms with van der Waals surface area (Å²) >= 11 is 0. The van der Waals surface area contributed by atoms with Crippen LogP contribution in [0.3, 0.4) is 0 Å². The highest BCUT2D eigenvalue weighted by molar-refractivity contribution is 5.85. The first-order valence-corrected chi connectivity index (χ1v) is 3.54. The van der Waals surface area contributed by atoms with Gasteiger partial charge in [-0.2, -0.15) is 0 Å². The SMILES string of the molecule is Oc1ccc2c(c1)C=NC=CO2. The van der Waals surface area contributed by atoms with E-state index in [1.54, 1.807) is 30.6 Å². The summed E-state index contributed by atoms with van der Waals surface area (Å²) < 4.78 is 5.19. The number of benzene rings is 1. The molecule has 1 aromatic rings. The van der Waals surface area contributed by atoms with Crippen LogP contribution in [0.5, 0.6) is 11.5 Å². The normalized spacial score (nSPS) is 13.3. The van der Waals surface area contributed by atoms with E-state index in [0.29, 0.717) is 5.75 Å². The molecule has 2 rings (SSSR count). The zero-order valence-electron chi connectivity index (χ0n) is 6.27. The third kappa shape index (κ3) is 1.16. The highest BCUT2D eigenvalue weighted by Gasteiger charge is 2.02. The van der Waals surface area contributed by atoms with Gasteiger partial charge < -0.3 is 9.84 Å². The van der Waals surface area contributed by atoms with Crippen molar-refractivity contribution in [2.75, 3.05) is 0 Å². The van der Waals surface area contributed by atoms with Crippen molar-refractivity contribution in [2.24, 2.45) is 4.99 Å². The molecule has 3 heteroatoms. The number of ether oxygens (including phenoxy) is 1. The van der Waals surface area contributed by atoms with Crippen molar-refractivity contribution in [1.82, 2.24) is 0 Å². The van der Waals surface area contributed by atoms with E-state index in [2.05, 4.69) is 4.99 Å². The Labute approximate surface area is 69.6 Å². The van der Waals surface area contributed by atoms with Gasteiger partial charge in [-0.15, -0.1) is 0 Å². The molecular formula is C9H7NO2. The minimum atomic E-state index is 0.214. The zero-order valence-corrected chi connectivity index (χ0v) is 6.27. The van der Waals surface area contributed by atoms with Crippen molar-refractivity contribution in [3.63, 3.8) is 0 Å². The van der Waals surface area contributed by atoms with Gasteiger partial charge in [-0.1, -0.05) is 0 Å². The van der Waals surface area contributed by atoms with E-state index in [9.17, 15) is 0 Å². The van der Waals surface area contributed by atoms with Crippen LogP contribution >= 0.6 is 0 Å². The summed E-state index contributed by atoms with van der Waals surface area (Å²) in [5.41, 5.74) is 0.778. The first kappa shape index (κ1) is 6.91. The molecule has 0 spiro atoms. The molecule has 0 aromatic heterocycles. The second kappa shape index (κ2) is 2.70. The van der Waals surface area contributed by atoms with Crippen LogP contribution < -0.4 is 4.74 Å². The maximum atomic E-state index is 9.14. The van der Waals surface area contributed by atoms with Crippen LogP contribution in [0, 0.1) is 0 Å². The predicted octanol–water partition coefficient (Wildman–Crippen LogP) is 1.67. The van der Waals surface area contributed by atoms with Gasteiger partial charge in [0.2, 0.25) is 0 Å². The Morgan fingerprint density at radius 3 is 3.17 bits per heavy atom. The van der Waals surface area contributed by atoms with Crippen molar-refractivity contribution in [1.29, 1.82) is 0 Å². The fourth-order valence-corrected chi connectivity index (χ4v) is 1.01. The minimum absolute atomic E-state index is 0.214. The van der Waals surface area contributed by atoms with Gasteiger partial charge >= 0.3 is 0 Å². The number of phenolic OH excluding ortho intramolecular Hbond substituents is 1. The maximum Gasteiger partial charge on any atom is 0.135 e. The minimum Gasteiger partial charge on any atom is -0.508 e. The van der Waals surface area contributed by atoms with Crippen LogP contribution in [0.4, 0.5) is 0 Å². The second-order valence-corrected chi connectivity index (χ2v) is 2.40. The molecule has 0 aliphatic carbocycles. The molecule has 0 saturated heterocycles. The van der Waals surface area contributed by atoms with Gasteiger partial charge in [0.1, 0.15) is 17.8 Å². The average molecular weight is 161 g/mol. The summed E-state index contributed by atoms with van der Waals surface area (Å²) in [6, 6.07) is 4.88. The van der Waals surface area contributed by atoms with Crippen molar-refractivity contribution < 1.29 is 9.84 Å². The fourth-order valence-electron chi connectivity index (χ4n) is 1.01. The van der Waals surface area contributed by atoms with Gasteiger partial charge in [0, 0.05) is 11.8 Å². The molecule has 0 radical (unpaired) electrons. The monoisotopic (exact) mass is 161 g/mol. The molecule has 1 N–H and O–H groups in total. The summed E-state index contributed by atoms with van der Waals surface area (Å²) in [7, 11) is 0. The average Bonchev–Trinajstić information content (AvgIpc) is 2.28. The molecule has 0 saturated carbocycles. The zero-order chi connectivity index (χ0) is 8.39. The highest BCUT2D eigenvalue weighted by Crippen LogP contribution is 2.23. The van der Waals surface area contributed by atoms with Crippen LogP contribution in [-0.4, -0.2) is 11.3 Å². The third-order valence-electron chi connectivity index (χ3n) is 1.55. The number of hydrogen-bond donors (Lipinski definition) is 1. The number of phenols is 1. The molecule has 0 amide bonds. The van der Waals surface area contributed by atoms with Crippen molar-refractivity contribution in [2.45, 2.75) is 0 Å². The first-order valence-electron chi connectivity index (χ1n) is 3.54. The number of nitrogens with zero attached hydrogens (tertiary/aromatic N) is 1. The molecule has 0 atom stereocenters. The number of aromatic hydroxyl groups is 1. The van der Waals surface area contributed by atoms with Crippen molar-refractivity contribution in [3.05, 3.63) is 36.2 Å². The van der Waals surface area contributed by atoms with Gasteiger partial charge in [0.15, 0.2) is 0 Å². The highest BCUT2D eigenvalue weighted by atomic mass is 16.5. The lowest BCUT2D eigenvalue weighted by atomic mass is 10.2. The first-order chi connectivity index (χ1) is 5.86. The Morgan fingerprint density at radius 2 is 2.25 bits per heavy atom. The summed E-state index contributed by atoms with van der Waals surface area (Å²) in [5, 5.41) is 9.14. The largest absolute Gasteiger partial charge is 0.508 e. The number of hydrogen-bond acceptors (Lipinski definition) is 3. The Balaban J connectivity index is 2.53. The quantitative estimate of drug-likeness (QED) is 0.628. The van der Waals surface area contributed by atoms with Gasteiger partial charge in [-0.3, -0.25) is 4.99 Å². The number of fused-ring (bicyclic) bond motifs is 1. The molecule has 12 heavy (non-hydrogen) atoms. The number of rotatable bonds is 0. The van der Waals surface area contributed by atoms with Gasteiger partial charge in [-0.05, 0) is 18.2 Å². The topological polar surface area (TPSA) is 41.8 Å². The van der Waals surface area contributed by atoms with E-state index in [4.69, 9.17) is 9.84 Å². The molecule has 0 fully saturated rings. The summed E-state index contributed by atoms with van der Waals surface area (Å²) in [5.74, 6) is 0.913. The predicted molar refractivity (Wildman–Crippen MR) is 45.5 cm³/mol. The fraction of sp³-hybridized carbons (Fsp3) is 0. The van der Waals surface area contributed by atoms with E-state index in [-0.39, 0.29) is 5.75 Å². The molecule has 1 aliphatic rings. The van der Waals surface area contributed by atoms with E-state index in [1.807, 2.05) is 0 Å². The Kier molecular flexibility index (Phi) is 1.55. The lowest BCUT2D eigenvalue weighted by molar-refractivity contribution is 0.463. The smallest absolute Gasteiger partial charge is 0.135 e. The number of aliphatic imine (C=N–C) groups is 1. The molecule has 3 nitrogen and oxygen atoms in total. The Morgan fingerprint density at radius 1 is 1.33 bits per heavy atom. The summed E-state index contributed by atoms with van der Waals surface area (Å²) in [6.07, 6.45) is 4.69. The summed E-state index contributed by atoms with van der Waals surface area (Å²) in [6.45, 7) is 0. The molecule has 60 valence electrons. The molecule has 0 unspecified atom stereocenters. The van der Waals surface area contributed by atoms with Crippen LogP contribution in [-0.2, 0) is 0 Å². The van der Waals surface area contributed by atoms with Gasteiger partial charge in [0.25, 0.3) is 0 Å². The van der Waals surface area contributed by atoms with E-state index < -0.39 is 0 Å².